The Balaban J connectivity index is 2.23. The number of nitrogens with two attached hydrogens (primary N) is 1. The van der Waals surface area contributed by atoms with E-state index >= 15 is 0 Å². The molecule has 0 bridgehead atoms. The highest BCUT2D eigenvalue weighted by Gasteiger charge is 2.04. The predicted molar refractivity (Wildman–Crippen MR) is 80.0 cm³/mol. The lowest BCUT2D eigenvalue weighted by Gasteiger charge is -2.15. The van der Waals surface area contributed by atoms with Crippen LogP contribution in [0.1, 0.15) is 5.56 Å². The van der Waals surface area contributed by atoms with Crippen LogP contribution in [0.5, 0.6) is 11.5 Å². The van der Waals surface area contributed by atoms with Crippen molar-refractivity contribution in [3.05, 3.63) is 54.1 Å². The van der Waals surface area contributed by atoms with Crippen molar-refractivity contribution < 1.29 is 4.74 Å². The minimum Gasteiger partial charge on any atom is -0.457 e. The molecule has 3 nitrogen and oxygen atoms in total. The molecule has 0 aliphatic rings. The summed E-state index contributed by atoms with van der Waals surface area (Å²) >= 11 is 0. The van der Waals surface area contributed by atoms with E-state index in [0.29, 0.717) is 6.54 Å². The Hall–Kier alpha value is -2.00. The van der Waals surface area contributed by atoms with Crippen LogP contribution >= 0.6 is 0 Å². The van der Waals surface area contributed by atoms with Crippen molar-refractivity contribution in [1.82, 2.24) is 0 Å². The van der Waals surface area contributed by atoms with Crippen LogP contribution in [-0.2, 0) is 6.42 Å². The summed E-state index contributed by atoms with van der Waals surface area (Å²) < 4.78 is 5.97. The second-order valence-corrected chi connectivity index (χ2v) is 4.64. The molecule has 0 unspecified atom stereocenters. The molecular weight excluding hydrogens is 236 g/mol. The van der Waals surface area contributed by atoms with E-state index in [-0.39, 0.29) is 0 Å². The Morgan fingerprint density at radius 3 is 2.58 bits per heavy atom. The third kappa shape index (κ3) is 3.48. The number of hydrogen-bond acceptors (Lipinski definition) is 3. The van der Waals surface area contributed by atoms with Gasteiger partial charge in [0.05, 0.1) is 0 Å². The van der Waals surface area contributed by atoms with Gasteiger partial charge in [-0.3, -0.25) is 0 Å². The van der Waals surface area contributed by atoms with Crippen LogP contribution in [0.15, 0.2) is 48.5 Å². The molecule has 0 heterocycles. The smallest absolute Gasteiger partial charge is 0.130 e. The Labute approximate surface area is 114 Å². The molecule has 0 amide bonds. The first-order chi connectivity index (χ1) is 9.20. The van der Waals surface area contributed by atoms with Crippen molar-refractivity contribution in [1.29, 1.82) is 0 Å². The Kier molecular flexibility index (Phi) is 4.42. The summed E-state index contributed by atoms with van der Waals surface area (Å²) in [4.78, 5) is 2.05. The highest BCUT2D eigenvalue weighted by Crippen LogP contribution is 2.27. The highest BCUT2D eigenvalue weighted by atomic mass is 16.5. The van der Waals surface area contributed by atoms with Crippen LogP contribution in [0.25, 0.3) is 0 Å². The van der Waals surface area contributed by atoms with E-state index in [2.05, 4.69) is 17.0 Å². The van der Waals surface area contributed by atoms with E-state index in [0.717, 1.165) is 29.2 Å². The van der Waals surface area contributed by atoms with Gasteiger partial charge in [-0.15, -0.1) is 0 Å². The maximum atomic E-state index is 5.97. The lowest BCUT2D eigenvalue weighted by atomic mass is 10.1. The van der Waals surface area contributed by atoms with Crippen molar-refractivity contribution in [2.45, 2.75) is 6.42 Å². The van der Waals surface area contributed by atoms with E-state index in [1.807, 2.05) is 50.5 Å². The fourth-order valence-electron chi connectivity index (χ4n) is 1.92. The summed E-state index contributed by atoms with van der Waals surface area (Å²) in [6.45, 7) is 0.623. The van der Waals surface area contributed by atoms with E-state index < -0.39 is 0 Å². The molecule has 0 saturated heterocycles. The zero-order chi connectivity index (χ0) is 13.7. The van der Waals surface area contributed by atoms with Crippen LogP contribution in [0.4, 0.5) is 5.69 Å². The number of hydrogen-bond donors (Lipinski definition) is 1. The number of ether oxygens (including phenoxy) is 1. The monoisotopic (exact) mass is 256 g/mol. The second-order valence-electron chi connectivity index (χ2n) is 4.64. The van der Waals surface area contributed by atoms with Gasteiger partial charge in [-0.25, -0.2) is 0 Å². The van der Waals surface area contributed by atoms with Crippen molar-refractivity contribution >= 4 is 5.69 Å². The molecule has 2 aromatic rings. The molecule has 2 aromatic carbocycles. The average molecular weight is 256 g/mol. The summed E-state index contributed by atoms with van der Waals surface area (Å²) in [5, 5.41) is 0. The molecule has 0 aromatic heterocycles. The van der Waals surface area contributed by atoms with Gasteiger partial charge in [-0.1, -0.05) is 24.3 Å². The molecule has 0 aliphatic carbocycles. The topological polar surface area (TPSA) is 38.5 Å². The van der Waals surface area contributed by atoms with Gasteiger partial charge in [0.25, 0.3) is 0 Å². The number of anilines is 1. The molecule has 0 saturated carbocycles. The summed E-state index contributed by atoms with van der Waals surface area (Å²) in [6.07, 6.45) is 0.823. The Morgan fingerprint density at radius 1 is 1.05 bits per heavy atom. The van der Waals surface area contributed by atoms with Crippen molar-refractivity contribution in [2.75, 3.05) is 25.5 Å². The molecule has 3 heteroatoms. The van der Waals surface area contributed by atoms with Gasteiger partial charge in [0.1, 0.15) is 11.5 Å². The third-order valence-corrected chi connectivity index (χ3v) is 2.95. The van der Waals surface area contributed by atoms with E-state index in [4.69, 9.17) is 10.5 Å². The molecule has 2 N–H and O–H groups in total. The third-order valence-electron chi connectivity index (χ3n) is 2.95. The molecule has 19 heavy (non-hydrogen) atoms. The van der Waals surface area contributed by atoms with E-state index in [1.165, 1.54) is 0 Å². The van der Waals surface area contributed by atoms with Crippen LogP contribution in [0.3, 0.4) is 0 Å². The minimum absolute atomic E-state index is 0.623. The highest BCUT2D eigenvalue weighted by molar-refractivity contribution is 5.50. The fraction of sp³-hybridized carbons (Fsp3) is 0.250. The number of rotatable bonds is 5. The Morgan fingerprint density at radius 2 is 1.84 bits per heavy atom. The van der Waals surface area contributed by atoms with Crippen LogP contribution in [0.2, 0.25) is 0 Å². The van der Waals surface area contributed by atoms with Crippen LogP contribution < -0.4 is 15.4 Å². The average Bonchev–Trinajstić information content (AvgIpc) is 2.41. The molecular formula is C16H20N2O. The van der Waals surface area contributed by atoms with Gasteiger partial charge in [0, 0.05) is 25.8 Å². The lowest BCUT2D eigenvalue weighted by Crippen LogP contribution is -2.08. The zero-order valence-electron chi connectivity index (χ0n) is 11.5. The summed E-state index contributed by atoms with van der Waals surface area (Å²) in [6, 6.07) is 16.1. The predicted octanol–water partition coefficient (Wildman–Crippen LogP) is 3.05. The molecule has 0 aliphatic heterocycles. The van der Waals surface area contributed by atoms with Crippen molar-refractivity contribution in [3.63, 3.8) is 0 Å². The number of nitrogens with zero attached hydrogens (tertiary/aromatic N) is 1. The van der Waals surface area contributed by atoms with Crippen LogP contribution in [-0.4, -0.2) is 20.6 Å². The maximum absolute atomic E-state index is 5.97. The number of para-hydroxylation sites is 1. The molecule has 0 spiro atoms. The van der Waals surface area contributed by atoms with E-state index in [9.17, 15) is 0 Å². The van der Waals surface area contributed by atoms with Gasteiger partial charge in [0.15, 0.2) is 0 Å². The van der Waals surface area contributed by atoms with Gasteiger partial charge in [-0.05, 0) is 36.7 Å². The van der Waals surface area contributed by atoms with Gasteiger partial charge in [0.2, 0.25) is 0 Å². The summed E-state index contributed by atoms with van der Waals surface area (Å²) in [5.74, 6) is 1.72. The van der Waals surface area contributed by atoms with Gasteiger partial charge < -0.3 is 15.4 Å². The summed E-state index contributed by atoms with van der Waals surface area (Å²) in [7, 11) is 4.03. The normalized spacial score (nSPS) is 10.3. The summed E-state index contributed by atoms with van der Waals surface area (Å²) in [5.41, 5.74) is 7.88. The number of benzene rings is 2. The lowest BCUT2D eigenvalue weighted by molar-refractivity contribution is 0.476. The SMILES string of the molecule is CN(C)c1cccc(Oc2ccccc2CCN)c1. The molecule has 2 rings (SSSR count). The molecule has 0 atom stereocenters. The zero-order valence-corrected chi connectivity index (χ0v) is 11.5. The molecule has 0 fully saturated rings. The fourth-order valence-corrected chi connectivity index (χ4v) is 1.92. The van der Waals surface area contributed by atoms with Crippen molar-refractivity contribution in [2.24, 2.45) is 5.73 Å². The quantitative estimate of drug-likeness (QED) is 0.893. The van der Waals surface area contributed by atoms with Gasteiger partial charge >= 0.3 is 0 Å². The van der Waals surface area contributed by atoms with Crippen molar-refractivity contribution in [3.8, 4) is 11.5 Å². The minimum atomic E-state index is 0.623. The standard InChI is InChI=1S/C16H20N2O/c1-18(2)14-7-5-8-15(12-14)19-16-9-4-3-6-13(16)10-11-17/h3-9,12H,10-11,17H2,1-2H3. The van der Waals surface area contributed by atoms with E-state index in [1.54, 1.807) is 0 Å². The van der Waals surface area contributed by atoms with Crippen LogP contribution in [0, 0.1) is 0 Å². The largest absolute Gasteiger partial charge is 0.457 e. The first kappa shape index (κ1) is 13.4. The second kappa shape index (κ2) is 6.25. The first-order valence-electron chi connectivity index (χ1n) is 6.44. The van der Waals surface area contributed by atoms with Gasteiger partial charge in [-0.2, -0.15) is 0 Å². The molecule has 100 valence electrons. The molecule has 0 radical (unpaired) electrons. The first-order valence-corrected chi connectivity index (χ1v) is 6.44. The maximum Gasteiger partial charge on any atom is 0.130 e. The Bertz CT molecular complexity index is 538.